The first-order valence-electron chi connectivity index (χ1n) is 7.03. The average molecular weight is 316 g/mol. The summed E-state index contributed by atoms with van der Waals surface area (Å²) in [7, 11) is -3.50. The van der Waals surface area contributed by atoms with E-state index >= 15 is 0 Å². The van der Waals surface area contributed by atoms with Crippen LogP contribution in [0, 0.1) is 12.8 Å². The van der Waals surface area contributed by atoms with Crippen LogP contribution in [-0.2, 0) is 10.0 Å². The quantitative estimate of drug-likeness (QED) is 0.865. The van der Waals surface area contributed by atoms with Gasteiger partial charge < -0.3 is 0 Å². The van der Waals surface area contributed by atoms with Gasteiger partial charge in [-0.25, -0.2) is 13.1 Å². The third-order valence-corrected chi connectivity index (χ3v) is 6.28. The standard InChI is InChI=1S/C15H22ClNO2S/c1-12-3-5-14(6-4-12)20(18,19)17-15(11-16)9-7-13(2)8-10-15/h3-6,13,17H,7-11H2,1-2H3. The van der Waals surface area contributed by atoms with Crippen molar-refractivity contribution in [2.24, 2.45) is 5.92 Å². The van der Waals surface area contributed by atoms with E-state index in [2.05, 4.69) is 11.6 Å². The summed E-state index contributed by atoms with van der Waals surface area (Å²) in [6, 6.07) is 6.91. The molecule has 5 heteroatoms. The van der Waals surface area contributed by atoms with Crippen molar-refractivity contribution in [3.63, 3.8) is 0 Å². The van der Waals surface area contributed by atoms with Crippen molar-refractivity contribution in [1.82, 2.24) is 4.72 Å². The first kappa shape index (κ1) is 15.8. The molecule has 0 aliphatic heterocycles. The number of benzene rings is 1. The van der Waals surface area contributed by atoms with E-state index in [1.165, 1.54) is 0 Å². The van der Waals surface area contributed by atoms with E-state index < -0.39 is 15.6 Å². The molecule has 0 heterocycles. The highest BCUT2D eigenvalue weighted by Gasteiger charge is 2.37. The molecule has 1 aromatic carbocycles. The van der Waals surface area contributed by atoms with E-state index in [4.69, 9.17) is 11.6 Å². The lowest BCUT2D eigenvalue weighted by Crippen LogP contribution is -2.51. The van der Waals surface area contributed by atoms with Crippen LogP contribution in [0.25, 0.3) is 0 Å². The summed E-state index contributed by atoms with van der Waals surface area (Å²) in [6.07, 6.45) is 3.65. The van der Waals surface area contributed by atoms with Gasteiger partial charge in [0.15, 0.2) is 0 Å². The van der Waals surface area contributed by atoms with Crippen LogP contribution in [-0.4, -0.2) is 19.8 Å². The molecule has 3 nitrogen and oxygen atoms in total. The molecule has 0 saturated heterocycles. The summed E-state index contributed by atoms with van der Waals surface area (Å²) in [5.74, 6) is 0.973. The summed E-state index contributed by atoms with van der Waals surface area (Å²) in [6.45, 7) is 4.14. The second kappa shape index (κ2) is 6.04. The smallest absolute Gasteiger partial charge is 0.207 e. The first-order chi connectivity index (χ1) is 9.37. The fourth-order valence-corrected chi connectivity index (χ4v) is 4.51. The maximum Gasteiger partial charge on any atom is 0.241 e. The Kier molecular flexibility index (Phi) is 4.77. The summed E-state index contributed by atoms with van der Waals surface area (Å²) in [5.41, 5.74) is 0.556. The lowest BCUT2D eigenvalue weighted by Gasteiger charge is -2.38. The summed E-state index contributed by atoms with van der Waals surface area (Å²) < 4.78 is 27.8. The SMILES string of the molecule is Cc1ccc(S(=O)(=O)NC2(CCl)CCC(C)CC2)cc1. The summed E-state index contributed by atoms with van der Waals surface area (Å²) in [4.78, 5) is 0.311. The third kappa shape index (κ3) is 3.54. The van der Waals surface area contributed by atoms with Crippen molar-refractivity contribution in [1.29, 1.82) is 0 Å². The Morgan fingerprint density at radius 1 is 1.25 bits per heavy atom. The fourth-order valence-electron chi connectivity index (χ4n) is 2.64. The third-order valence-electron chi connectivity index (χ3n) is 4.17. The number of aryl methyl sites for hydroxylation is 1. The molecule has 0 radical (unpaired) electrons. The van der Waals surface area contributed by atoms with Crippen LogP contribution in [0.2, 0.25) is 0 Å². The van der Waals surface area contributed by atoms with Crippen molar-refractivity contribution in [3.05, 3.63) is 29.8 Å². The number of rotatable bonds is 4. The number of nitrogens with one attached hydrogen (secondary N) is 1. The van der Waals surface area contributed by atoms with Crippen molar-refractivity contribution in [3.8, 4) is 0 Å². The van der Waals surface area contributed by atoms with E-state index in [1.54, 1.807) is 12.1 Å². The minimum Gasteiger partial charge on any atom is -0.207 e. The maximum atomic E-state index is 12.5. The van der Waals surface area contributed by atoms with Crippen molar-refractivity contribution < 1.29 is 8.42 Å². The Morgan fingerprint density at radius 2 is 1.80 bits per heavy atom. The molecule has 0 amide bonds. The molecule has 0 spiro atoms. The zero-order chi connectivity index (χ0) is 14.8. The number of hydrogen-bond donors (Lipinski definition) is 1. The maximum absolute atomic E-state index is 12.5. The number of alkyl halides is 1. The van der Waals surface area contributed by atoms with E-state index in [1.807, 2.05) is 19.1 Å². The second-order valence-electron chi connectivity index (χ2n) is 6.02. The highest BCUT2D eigenvalue weighted by molar-refractivity contribution is 7.89. The van der Waals surface area contributed by atoms with Crippen LogP contribution in [0.1, 0.15) is 38.2 Å². The molecule has 0 aromatic heterocycles. The van der Waals surface area contributed by atoms with Gasteiger partial charge in [0, 0.05) is 11.4 Å². The van der Waals surface area contributed by atoms with Gasteiger partial charge in [-0.3, -0.25) is 0 Å². The highest BCUT2D eigenvalue weighted by Crippen LogP contribution is 2.34. The van der Waals surface area contributed by atoms with Gasteiger partial charge in [-0.15, -0.1) is 11.6 Å². The Hall–Kier alpha value is -0.580. The Bertz CT molecular complexity index is 546. The minimum absolute atomic E-state index is 0.311. The van der Waals surface area contributed by atoms with Crippen LogP contribution in [0.15, 0.2) is 29.2 Å². The molecule has 1 aromatic rings. The van der Waals surface area contributed by atoms with Crippen LogP contribution in [0.4, 0.5) is 0 Å². The van der Waals surface area contributed by atoms with Gasteiger partial charge in [-0.1, -0.05) is 24.6 Å². The van der Waals surface area contributed by atoms with Gasteiger partial charge in [0.25, 0.3) is 0 Å². The molecule has 1 aliphatic rings. The Labute approximate surface area is 126 Å². The Morgan fingerprint density at radius 3 is 2.30 bits per heavy atom. The molecule has 2 rings (SSSR count). The molecule has 0 unspecified atom stereocenters. The van der Waals surface area contributed by atoms with Gasteiger partial charge in [0.1, 0.15) is 0 Å². The van der Waals surface area contributed by atoms with E-state index in [0.29, 0.717) is 16.7 Å². The largest absolute Gasteiger partial charge is 0.241 e. The van der Waals surface area contributed by atoms with E-state index in [0.717, 1.165) is 31.2 Å². The van der Waals surface area contributed by atoms with Gasteiger partial charge in [-0.2, -0.15) is 0 Å². The topological polar surface area (TPSA) is 46.2 Å². The molecule has 1 aliphatic carbocycles. The van der Waals surface area contributed by atoms with Gasteiger partial charge >= 0.3 is 0 Å². The molecular weight excluding hydrogens is 294 g/mol. The second-order valence-corrected chi connectivity index (χ2v) is 7.96. The van der Waals surface area contributed by atoms with Gasteiger partial charge in [0.2, 0.25) is 10.0 Å². The van der Waals surface area contributed by atoms with E-state index in [9.17, 15) is 8.42 Å². The van der Waals surface area contributed by atoms with Crippen LogP contribution in [0.3, 0.4) is 0 Å². The lowest BCUT2D eigenvalue weighted by molar-refractivity contribution is 0.247. The number of sulfonamides is 1. The number of halogens is 1. The first-order valence-corrected chi connectivity index (χ1v) is 9.05. The van der Waals surface area contributed by atoms with Crippen LogP contribution < -0.4 is 4.72 Å². The van der Waals surface area contributed by atoms with Crippen LogP contribution >= 0.6 is 11.6 Å². The fraction of sp³-hybridized carbons (Fsp3) is 0.600. The lowest BCUT2D eigenvalue weighted by atomic mass is 9.79. The molecule has 1 fully saturated rings. The average Bonchev–Trinajstić information content (AvgIpc) is 2.42. The molecule has 0 atom stereocenters. The molecule has 20 heavy (non-hydrogen) atoms. The Balaban J connectivity index is 2.20. The predicted molar refractivity (Wildman–Crippen MR) is 82.6 cm³/mol. The number of hydrogen-bond acceptors (Lipinski definition) is 2. The summed E-state index contributed by atoms with van der Waals surface area (Å²) in [5, 5.41) is 0. The zero-order valence-corrected chi connectivity index (χ0v) is 13.6. The van der Waals surface area contributed by atoms with Gasteiger partial charge in [0.05, 0.1) is 4.90 Å². The molecule has 0 bridgehead atoms. The molecule has 1 saturated carbocycles. The van der Waals surface area contributed by atoms with Crippen molar-refractivity contribution in [2.45, 2.75) is 50.0 Å². The monoisotopic (exact) mass is 315 g/mol. The van der Waals surface area contributed by atoms with Crippen molar-refractivity contribution in [2.75, 3.05) is 5.88 Å². The predicted octanol–water partition coefficient (Wildman–Crippen LogP) is 3.46. The minimum atomic E-state index is -3.50. The summed E-state index contributed by atoms with van der Waals surface area (Å²) >= 11 is 6.08. The van der Waals surface area contributed by atoms with Crippen LogP contribution in [0.5, 0.6) is 0 Å². The van der Waals surface area contributed by atoms with E-state index in [-0.39, 0.29) is 0 Å². The normalized spacial score (nSPS) is 27.4. The van der Waals surface area contributed by atoms with Gasteiger partial charge in [-0.05, 0) is 50.7 Å². The molecule has 112 valence electrons. The molecular formula is C15H22ClNO2S. The highest BCUT2D eigenvalue weighted by atomic mass is 35.5. The van der Waals surface area contributed by atoms with Crippen molar-refractivity contribution >= 4 is 21.6 Å². The molecule has 1 N–H and O–H groups in total. The zero-order valence-electron chi connectivity index (χ0n) is 12.0.